The van der Waals surface area contributed by atoms with Crippen LogP contribution in [0.3, 0.4) is 0 Å². The second-order valence-electron chi connectivity index (χ2n) is 6.38. The maximum Gasteiger partial charge on any atom is 0.350 e. The Kier molecular flexibility index (Phi) is 5.77. The van der Waals surface area contributed by atoms with E-state index in [4.69, 9.17) is 24.0 Å². The van der Waals surface area contributed by atoms with E-state index in [1.54, 1.807) is 0 Å². The largest absolute Gasteiger partial charge is 0.473 e. The van der Waals surface area contributed by atoms with Crippen LogP contribution in [0.2, 0.25) is 0 Å². The second kappa shape index (κ2) is 7.76. The summed E-state index contributed by atoms with van der Waals surface area (Å²) >= 11 is 0. The first kappa shape index (κ1) is 20.1. The normalized spacial score (nSPS) is 26.2. The minimum absolute atomic E-state index is 0.126. The van der Waals surface area contributed by atoms with Gasteiger partial charge in [-0.05, 0) is 13.8 Å². The summed E-state index contributed by atoms with van der Waals surface area (Å²) in [7, 11) is -4.34. The van der Waals surface area contributed by atoms with Crippen molar-refractivity contribution in [1.82, 2.24) is 19.5 Å². The summed E-state index contributed by atoms with van der Waals surface area (Å²) in [5.41, 5.74) is 0.714. The number of hydrogen-bond donors (Lipinski definition) is 4. The predicted octanol–water partition coefficient (Wildman–Crippen LogP) is -0.616. The molecule has 3 rings (SSSR count). The SMILES string of the molecule is CC(C)Oc1ncnc2c1ncn2[C@@H]1O[C@H](COCP(=O)(O)O)[C@@H](O)[C@H]1O. The lowest BCUT2D eigenvalue weighted by Gasteiger charge is -2.16. The molecule has 0 unspecified atom stereocenters. The molecule has 0 aromatic carbocycles. The predicted molar refractivity (Wildman–Crippen MR) is 89.9 cm³/mol. The average molecular weight is 404 g/mol. The molecule has 3 heterocycles. The van der Waals surface area contributed by atoms with Crippen LogP contribution in [0, 0.1) is 0 Å². The van der Waals surface area contributed by atoms with Gasteiger partial charge in [0.05, 0.1) is 19.0 Å². The molecule has 12 nitrogen and oxygen atoms in total. The van der Waals surface area contributed by atoms with Gasteiger partial charge in [0, 0.05) is 0 Å². The highest BCUT2D eigenvalue weighted by Crippen LogP contribution is 2.36. The summed E-state index contributed by atoms with van der Waals surface area (Å²) in [5.74, 6) is 0.281. The van der Waals surface area contributed by atoms with Crippen LogP contribution in [0.4, 0.5) is 0 Å². The van der Waals surface area contributed by atoms with Gasteiger partial charge >= 0.3 is 7.60 Å². The maximum absolute atomic E-state index is 10.8. The molecule has 27 heavy (non-hydrogen) atoms. The number of aromatic nitrogens is 4. The molecule has 13 heteroatoms. The smallest absolute Gasteiger partial charge is 0.350 e. The number of nitrogens with zero attached hydrogens (tertiary/aromatic N) is 4. The molecule has 4 N–H and O–H groups in total. The van der Waals surface area contributed by atoms with Gasteiger partial charge in [-0.25, -0.2) is 9.97 Å². The van der Waals surface area contributed by atoms with E-state index in [0.717, 1.165) is 0 Å². The molecule has 0 radical (unpaired) electrons. The van der Waals surface area contributed by atoms with E-state index in [1.165, 1.54) is 17.2 Å². The highest BCUT2D eigenvalue weighted by molar-refractivity contribution is 7.51. The highest BCUT2D eigenvalue weighted by Gasteiger charge is 2.44. The molecule has 150 valence electrons. The van der Waals surface area contributed by atoms with Crippen LogP contribution in [0.1, 0.15) is 20.1 Å². The van der Waals surface area contributed by atoms with Crippen LogP contribution in [0.5, 0.6) is 5.88 Å². The number of aliphatic hydroxyl groups excluding tert-OH is 2. The zero-order chi connectivity index (χ0) is 19.8. The van der Waals surface area contributed by atoms with Gasteiger partial charge in [-0.1, -0.05) is 0 Å². The van der Waals surface area contributed by atoms with Crippen LogP contribution in [0.25, 0.3) is 11.2 Å². The molecule has 1 saturated heterocycles. The molecule has 1 fully saturated rings. The summed E-state index contributed by atoms with van der Waals surface area (Å²) in [6.07, 6.45) is -2.91. The summed E-state index contributed by atoms with van der Waals surface area (Å²) in [6, 6.07) is 0. The molecule has 1 aliphatic rings. The van der Waals surface area contributed by atoms with E-state index in [2.05, 4.69) is 15.0 Å². The van der Waals surface area contributed by atoms with Crippen molar-refractivity contribution in [2.45, 2.75) is 44.5 Å². The van der Waals surface area contributed by atoms with Gasteiger partial charge in [0.1, 0.15) is 31.0 Å². The van der Waals surface area contributed by atoms with Gasteiger partial charge in [-0.2, -0.15) is 4.98 Å². The monoisotopic (exact) mass is 404 g/mol. The van der Waals surface area contributed by atoms with Crippen molar-refractivity contribution in [3.63, 3.8) is 0 Å². The minimum atomic E-state index is -4.34. The molecule has 2 aromatic rings. The molecule has 2 aromatic heterocycles. The van der Waals surface area contributed by atoms with Crippen LogP contribution in [-0.4, -0.2) is 76.9 Å². The fourth-order valence-electron chi connectivity index (χ4n) is 2.71. The minimum Gasteiger partial charge on any atom is -0.473 e. The number of aliphatic hydroxyl groups is 2. The van der Waals surface area contributed by atoms with E-state index in [-0.39, 0.29) is 18.6 Å². The van der Waals surface area contributed by atoms with E-state index < -0.39 is 38.5 Å². The molecule has 0 bridgehead atoms. The fourth-order valence-corrected chi connectivity index (χ4v) is 3.05. The first-order chi connectivity index (χ1) is 12.7. The van der Waals surface area contributed by atoms with Crippen molar-refractivity contribution in [3.8, 4) is 5.88 Å². The Morgan fingerprint density at radius 3 is 2.67 bits per heavy atom. The number of fused-ring (bicyclic) bond motifs is 1. The summed E-state index contributed by atoms with van der Waals surface area (Å²) in [6.45, 7) is 3.38. The molecule has 0 saturated carbocycles. The average Bonchev–Trinajstić information content (AvgIpc) is 3.10. The van der Waals surface area contributed by atoms with Gasteiger partial charge in [-0.3, -0.25) is 9.13 Å². The summed E-state index contributed by atoms with van der Waals surface area (Å²) in [5, 5.41) is 20.5. The Bertz CT molecular complexity index is 840. The van der Waals surface area contributed by atoms with Crippen molar-refractivity contribution in [1.29, 1.82) is 0 Å². The third-order valence-corrected chi connectivity index (χ3v) is 4.34. The third kappa shape index (κ3) is 4.43. The highest BCUT2D eigenvalue weighted by atomic mass is 31.2. The van der Waals surface area contributed by atoms with Gasteiger partial charge in [-0.15, -0.1) is 0 Å². The molecular weight excluding hydrogens is 383 g/mol. The first-order valence-electron chi connectivity index (χ1n) is 8.15. The van der Waals surface area contributed by atoms with Crippen molar-refractivity contribution in [3.05, 3.63) is 12.7 Å². The van der Waals surface area contributed by atoms with Crippen molar-refractivity contribution in [2.75, 3.05) is 13.0 Å². The molecular formula is C14H21N4O8P. The van der Waals surface area contributed by atoms with Crippen molar-refractivity contribution >= 4 is 18.8 Å². The Balaban J connectivity index is 1.79. The van der Waals surface area contributed by atoms with Crippen LogP contribution in [0.15, 0.2) is 12.7 Å². The Hall–Kier alpha value is -1.66. The lowest BCUT2D eigenvalue weighted by molar-refractivity contribution is -0.0612. The maximum atomic E-state index is 10.8. The van der Waals surface area contributed by atoms with Crippen LogP contribution < -0.4 is 4.74 Å². The number of imidazole rings is 1. The number of hydrogen-bond acceptors (Lipinski definition) is 9. The van der Waals surface area contributed by atoms with Crippen LogP contribution >= 0.6 is 7.60 Å². The topological polar surface area (TPSA) is 169 Å². The van der Waals surface area contributed by atoms with E-state index >= 15 is 0 Å². The molecule has 0 amide bonds. The quantitative estimate of drug-likeness (QED) is 0.434. The van der Waals surface area contributed by atoms with Gasteiger partial charge in [0.15, 0.2) is 17.4 Å². The van der Waals surface area contributed by atoms with Crippen molar-refractivity contribution in [2.24, 2.45) is 0 Å². The third-order valence-electron chi connectivity index (χ3n) is 3.83. The number of ether oxygens (including phenoxy) is 3. The Labute approximate surface area is 153 Å². The molecule has 4 atom stereocenters. The van der Waals surface area contributed by atoms with E-state index in [9.17, 15) is 14.8 Å². The van der Waals surface area contributed by atoms with Gasteiger partial charge in [0.2, 0.25) is 5.88 Å². The summed E-state index contributed by atoms with van der Waals surface area (Å²) < 4.78 is 28.4. The standard InChI is InChI=1S/C14H21N4O8P/c1-7(2)25-13-9-12(15-4-16-13)18(5-17-9)14-11(20)10(19)8(26-14)3-24-6-27(21,22)23/h4-5,7-8,10-11,14,19-20H,3,6H2,1-2H3,(H2,21,22,23)/t8-,10-,11-,14-/m1/s1. The number of rotatable bonds is 7. The second-order valence-corrected chi connectivity index (χ2v) is 7.97. The lowest BCUT2D eigenvalue weighted by Crippen LogP contribution is -2.33. The molecule has 0 spiro atoms. The molecule has 1 aliphatic heterocycles. The van der Waals surface area contributed by atoms with E-state index in [0.29, 0.717) is 11.2 Å². The zero-order valence-corrected chi connectivity index (χ0v) is 15.5. The van der Waals surface area contributed by atoms with Crippen LogP contribution in [-0.2, 0) is 14.0 Å². The lowest BCUT2D eigenvalue weighted by atomic mass is 10.1. The van der Waals surface area contributed by atoms with Crippen molar-refractivity contribution < 1.29 is 38.8 Å². The fraction of sp³-hybridized carbons (Fsp3) is 0.643. The van der Waals surface area contributed by atoms with Gasteiger partial charge in [0.25, 0.3) is 0 Å². The molecule has 0 aliphatic carbocycles. The Morgan fingerprint density at radius 2 is 2.00 bits per heavy atom. The van der Waals surface area contributed by atoms with Gasteiger partial charge < -0.3 is 34.2 Å². The first-order valence-corrected chi connectivity index (χ1v) is 9.95. The summed E-state index contributed by atoms with van der Waals surface area (Å²) in [4.78, 5) is 30.0. The zero-order valence-electron chi connectivity index (χ0n) is 14.6. The van der Waals surface area contributed by atoms with E-state index in [1.807, 2.05) is 13.8 Å². The Morgan fingerprint density at radius 1 is 1.26 bits per heavy atom.